The Morgan fingerprint density at radius 3 is 2.55 bits per heavy atom. The fraction of sp³-hybridized carbons (Fsp3) is 0.250. The molecular weight excluding hydrogens is 252 g/mol. The number of carbonyl (C=O) groups excluding carboxylic acids is 2. The summed E-state index contributed by atoms with van der Waals surface area (Å²) in [6.45, 7) is 2.12. The lowest BCUT2D eigenvalue weighted by Crippen LogP contribution is -2.34. The smallest absolute Gasteiger partial charge is 0.314 e. The Bertz CT molecular complexity index is 547. The number of para-hydroxylation sites is 1. The van der Waals surface area contributed by atoms with Gasteiger partial charge in [0.2, 0.25) is 0 Å². The van der Waals surface area contributed by atoms with Crippen molar-refractivity contribution in [3.8, 4) is 0 Å². The molecule has 2 rings (SSSR count). The quantitative estimate of drug-likeness (QED) is 0.812. The van der Waals surface area contributed by atoms with E-state index in [4.69, 9.17) is 0 Å². The summed E-state index contributed by atoms with van der Waals surface area (Å²) in [6, 6.07) is 8.92. The molecule has 0 bridgehead atoms. The van der Waals surface area contributed by atoms with E-state index in [1.165, 1.54) is 0 Å². The number of anilines is 1. The molecule has 4 nitrogen and oxygen atoms in total. The summed E-state index contributed by atoms with van der Waals surface area (Å²) in [7, 11) is 0. The van der Waals surface area contributed by atoms with Gasteiger partial charge in [-0.15, -0.1) is 0 Å². The molecule has 0 aliphatic heterocycles. The van der Waals surface area contributed by atoms with Gasteiger partial charge in [0.25, 0.3) is 0 Å². The monoisotopic (exact) mass is 270 g/mol. The summed E-state index contributed by atoms with van der Waals surface area (Å²) >= 11 is 0. The summed E-state index contributed by atoms with van der Waals surface area (Å²) in [5.74, 6) is -0.805. The molecular formula is C16H18N2O2. The Hall–Kier alpha value is -2.36. The van der Waals surface area contributed by atoms with Gasteiger partial charge in [0.1, 0.15) is 0 Å². The van der Waals surface area contributed by atoms with Crippen molar-refractivity contribution in [2.45, 2.75) is 19.8 Å². The maximum atomic E-state index is 11.8. The van der Waals surface area contributed by atoms with E-state index in [0.29, 0.717) is 11.6 Å². The molecule has 1 aliphatic carbocycles. The predicted molar refractivity (Wildman–Crippen MR) is 78.8 cm³/mol. The van der Waals surface area contributed by atoms with Crippen molar-refractivity contribution < 1.29 is 9.59 Å². The zero-order valence-electron chi connectivity index (χ0n) is 11.4. The second-order valence-corrected chi connectivity index (χ2v) is 4.87. The van der Waals surface area contributed by atoms with Gasteiger partial charge in [0.15, 0.2) is 0 Å². The first kappa shape index (κ1) is 14.1. The number of carbonyl (C=O) groups is 2. The van der Waals surface area contributed by atoms with Crippen molar-refractivity contribution in [3.63, 3.8) is 0 Å². The molecule has 1 aromatic rings. The number of rotatable bonds is 2. The molecule has 0 saturated heterocycles. The second-order valence-electron chi connectivity index (χ2n) is 4.87. The predicted octanol–water partition coefficient (Wildman–Crippen LogP) is 2.61. The Kier molecular flexibility index (Phi) is 4.71. The first-order chi connectivity index (χ1) is 9.65. The molecule has 0 fully saturated rings. The van der Waals surface area contributed by atoms with Gasteiger partial charge in [-0.3, -0.25) is 9.59 Å². The van der Waals surface area contributed by atoms with E-state index < -0.39 is 11.8 Å². The largest absolute Gasteiger partial charge is 0.322 e. The van der Waals surface area contributed by atoms with E-state index in [1.54, 1.807) is 24.3 Å². The van der Waals surface area contributed by atoms with Gasteiger partial charge in [-0.2, -0.15) is 0 Å². The minimum absolute atomic E-state index is 0.485. The minimum Gasteiger partial charge on any atom is -0.322 e. The van der Waals surface area contributed by atoms with Crippen LogP contribution < -0.4 is 10.6 Å². The molecule has 1 unspecified atom stereocenters. The summed E-state index contributed by atoms with van der Waals surface area (Å²) < 4.78 is 0. The zero-order valence-corrected chi connectivity index (χ0v) is 11.4. The van der Waals surface area contributed by atoms with Crippen LogP contribution in [0.1, 0.15) is 19.8 Å². The van der Waals surface area contributed by atoms with Crippen molar-refractivity contribution >= 4 is 17.5 Å². The van der Waals surface area contributed by atoms with E-state index in [9.17, 15) is 9.59 Å². The van der Waals surface area contributed by atoms with Crippen LogP contribution >= 0.6 is 0 Å². The normalized spacial score (nSPS) is 17.9. The lowest BCUT2D eigenvalue weighted by atomic mass is 10.1. The van der Waals surface area contributed by atoms with E-state index in [1.807, 2.05) is 18.2 Å². The molecule has 0 saturated carbocycles. The molecule has 4 heteroatoms. The Labute approximate surface area is 118 Å². The maximum Gasteiger partial charge on any atom is 0.314 e. The molecule has 1 aromatic carbocycles. The SMILES string of the molecule is CC1C=CC=C(NC(=O)C(=O)Nc2ccccc2)CC1. The van der Waals surface area contributed by atoms with Crippen LogP contribution in [0.4, 0.5) is 5.69 Å². The highest BCUT2D eigenvalue weighted by Crippen LogP contribution is 2.15. The Morgan fingerprint density at radius 1 is 1.10 bits per heavy atom. The van der Waals surface area contributed by atoms with Crippen LogP contribution in [-0.4, -0.2) is 11.8 Å². The standard InChI is InChI=1S/C16H18N2O2/c1-12-6-5-9-14(11-10-12)18-16(20)15(19)17-13-7-3-2-4-8-13/h2-9,12H,10-11H2,1H3,(H,17,19)(H,18,20). The summed E-state index contributed by atoms with van der Waals surface area (Å²) in [5, 5.41) is 5.22. The van der Waals surface area contributed by atoms with Gasteiger partial charge < -0.3 is 10.6 Å². The van der Waals surface area contributed by atoms with Crippen LogP contribution in [0.3, 0.4) is 0 Å². The Morgan fingerprint density at radius 2 is 1.80 bits per heavy atom. The number of nitrogens with one attached hydrogen (secondary N) is 2. The lowest BCUT2D eigenvalue weighted by molar-refractivity contribution is -0.135. The van der Waals surface area contributed by atoms with Gasteiger partial charge in [-0.25, -0.2) is 0 Å². The first-order valence-corrected chi connectivity index (χ1v) is 6.70. The molecule has 2 N–H and O–H groups in total. The maximum absolute atomic E-state index is 11.8. The second kappa shape index (κ2) is 6.70. The third-order valence-electron chi connectivity index (χ3n) is 3.12. The van der Waals surface area contributed by atoms with Crippen molar-refractivity contribution in [1.82, 2.24) is 5.32 Å². The molecule has 0 heterocycles. The van der Waals surface area contributed by atoms with E-state index in [-0.39, 0.29) is 0 Å². The highest BCUT2D eigenvalue weighted by molar-refractivity contribution is 6.40. The third-order valence-corrected chi connectivity index (χ3v) is 3.12. The first-order valence-electron chi connectivity index (χ1n) is 6.70. The lowest BCUT2D eigenvalue weighted by Gasteiger charge is -2.09. The van der Waals surface area contributed by atoms with Crippen molar-refractivity contribution in [3.05, 3.63) is 54.3 Å². The van der Waals surface area contributed by atoms with Crippen LogP contribution in [0, 0.1) is 5.92 Å². The van der Waals surface area contributed by atoms with E-state index in [2.05, 4.69) is 23.6 Å². The topological polar surface area (TPSA) is 58.2 Å². The van der Waals surface area contributed by atoms with Gasteiger partial charge in [-0.05, 0) is 37.0 Å². The highest BCUT2D eigenvalue weighted by Gasteiger charge is 2.15. The zero-order chi connectivity index (χ0) is 14.4. The summed E-state index contributed by atoms with van der Waals surface area (Å²) in [5.41, 5.74) is 1.38. The molecule has 0 spiro atoms. The number of amides is 2. The van der Waals surface area contributed by atoms with Crippen molar-refractivity contribution in [1.29, 1.82) is 0 Å². The molecule has 2 amide bonds. The molecule has 1 atom stereocenters. The summed E-state index contributed by atoms with van der Waals surface area (Å²) in [6.07, 6.45) is 7.57. The minimum atomic E-state index is -0.654. The average Bonchev–Trinajstić information content (AvgIpc) is 2.65. The van der Waals surface area contributed by atoms with Crippen LogP contribution in [-0.2, 0) is 9.59 Å². The highest BCUT2D eigenvalue weighted by atomic mass is 16.2. The molecule has 0 aromatic heterocycles. The van der Waals surface area contributed by atoms with E-state index in [0.717, 1.165) is 18.5 Å². The number of hydrogen-bond acceptors (Lipinski definition) is 2. The van der Waals surface area contributed by atoms with Crippen LogP contribution in [0.25, 0.3) is 0 Å². The number of benzene rings is 1. The van der Waals surface area contributed by atoms with Crippen molar-refractivity contribution in [2.24, 2.45) is 5.92 Å². The molecule has 0 radical (unpaired) electrons. The van der Waals surface area contributed by atoms with Crippen LogP contribution in [0.5, 0.6) is 0 Å². The van der Waals surface area contributed by atoms with Gasteiger partial charge in [0, 0.05) is 11.4 Å². The van der Waals surface area contributed by atoms with Crippen LogP contribution in [0.2, 0.25) is 0 Å². The van der Waals surface area contributed by atoms with E-state index >= 15 is 0 Å². The molecule has 104 valence electrons. The van der Waals surface area contributed by atoms with Gasteiger partial charge >= 0.3 is 11.8 Å². The molecule has 20 heavy (non-hydrogen) atoms. The fourth-order valence-corrected chi connectivity index (χ4v) is 1.94. The third kappa shape index (κ3) is 4.09. The fourth-order valence-electron chi connectivity index (χ4n) is 1.94. The average molecular weight is 270 g/mol. The number of allylic oxidation sites excluding steroid dienone is 4. The summed E-state index contributed by atoms with van der Waals surface area (Å²) in [4.78, 5) is 23.6. The Balaban J connectivity index is 1.90. The van der Waals surface area contributed by atoms with Crippen LogP contribution in [0.15, 0.2) is 54.3 Å². The van der Waals surface area contributed by atoms with Gasteiger partial charge in [-0.1, -0.05) is 37.3 Å². The number of hydrogen-bond donors (Lipinski definition) is 2. The van der Waals surface area contributed by atoms with Crippen molar-refractivity contribution in [2.75, 3.05) is 5.32 Å². The molecule has 1 aliphatic rings. The van der Waals surface area contributed by atoms with Gasteiger partial charge in [0.05, 0.1) is 0 Å².